The number of fused-ring (bicyclic) bond motifs is 1. The largest absolute Gasteiger partial charge is 0.462 e. The van der Waals surface area contributed by atoms with Crippen LogP contribution in [0, 0.1) is 11.8 Å². The van der Waals surface area contributed by atoms with Crippen LogP contribution < -0.4 is 10.2 Å². The Morgan fingerprint density at radius 2 is 1.51 bits per heavy atom. The van der Waals surface area contributed by atoms with E-state index in [9.17, 15) is 24.0 Å². The molecule has 0 bridgehead atoms. The summed E-state index contributed by atoms with van der Waals surface area (Å²) in [7, 11) is 0. The summed E-state index contributed by atoms with van der Waals surface area (Å²) in [5, 5.41) is 2.59. The number of nitrogens with one attached hydrogen (secondary N) is 1. The average Bonchev–Trinajstić information content (AvgIpc) is 3.25. The molecule has 9 nitrogen and oxygen atoms in total. The van der Waals surface area contributed by atoms with Crippen LogP contribution in [0.2, 0.25) is 0 Å². The van der Waals surface area contributed by atoms with Crippen molar-refractivity contribution >= 4 is 41.0 Å². The van der Waals surface area contributed by atoms with Gasteiger partial charge in [-0.3, -0.25) is 19.3 Å². The van der Waals surface area contributed by atoms with E-state index in [1.165, 1.54) is 34.7 Å². The molecule has 1 saturated heterocycles. The van der Waals surface area contributed by atoms with Gasteiger partial charge >= 0.3 is 11.9 Å². The van der Waals surface area contributed by atoms with Crippen LogP contribution in [-0.4, -0.2) is 42.9 Å². The Bertz CT molecular complexity index is 1470. The first-order valence-electron chi connectivity index (χ1n) is 13.6. The number of anilines is 2. The van der Waals surface area contributed by atoms with Crippen LogP contribution in [0.3, 0.4) is 0 Å². The number of amides is 3. The minimum absolute atomic E-state index is 0.117. The molecule has 1 aliphatic heterocycles. The SMILES string of the molecule is CCOC(=O)c1ccc(NC(=O)COC(=O)c2cccc(N3C(=O)[C@H]4C[C@@H](c5ccccc5)CC[C@H]4C3=O)c2)cc1. The third-order valence-electron chi connectivity index (χ3n) is 7.55. The zero-order valence-electron chi connectivity index (χ0n) is 22.6. The van der Waals surface area contributed by atoms with Gasteiger partial charge in [-0.2, -0.15) is 0 Å². The topological polar surface area (TPSA) is 119 Å². The summed E-state index contributed by atoms with van der Waals surface area (Å²) in [5.74, 6) is -2.84. The molecule has 3 atom stereocenters. The van der Waals surface area contributed by atoms with Crippen molar-refractivity contribution < 1.29 is 33.4 Å². The number of benzene rings is 3. The number of hydrogen-bond donors (Lipinski definition) is 1. The summed E-state index contributed by atoms with van der Waals surface area (Å²) in [4.78, 5) is 64.7. The zero-order valence-corrected chi connectivity index (χ0v) is 22.6. The molecule has 2 aliphatic rings. The van der Waals surface area contributed by atoms with E-state index in [1.54, 1.807) is 31.2 Å². The quantitative estimate of drug-likeness (QED) is 0.316. The summed E-state index contributed by atoms with van der Waals surface area (Å²) < 4.78 is 10.1. The molecule has 1 aliphatic carbocycles. The highest BCUT2D eigenvalue weighted by Gasteiger charge is 2.50. The molecular weight excluding hydrogens is 524 g/mol. The summed E-state index contributed by atoms with van der Waals surface area (Å²) >= 11 is 0. The highest BCUT2D eigenvalue weighted by Crippen LogP contribution is 2.45. The number of carbonyl (C=O) groups is 5. The second-order valence-corrected chi connectivity index (χ2v) is 10.1. The maximum atomic E-state index is 13.4. The van der Waals surface area contributed by atoms with Crippen molar-refractivity contribution in [2.75, 3.05) is 23.4 Å². The molecule has 0 radical (unpaired) electrons. The Morgan fingerprint density at radius 3 is 2.24 bits per heavy atom. The third kappa shape index (κ3) is 6.04. The van der Waals surface area contributed by atoms with Crippen molar-refractivity contribution in [3.05, 3.63) is 95.6 Å². The summed E-state index contributed by atoms with van der Waals surface area (Å²) in [6.07, 6.45) is 2.08. The number of carbonyl (C=O) groups excluding carboxylic acids is 5. The fourth-order valence-electron chi connectivity index (χ4n) is 5.55. The number of hydrogen-bond acceptors (Lipinski definition) is 7. The van der Waals surface area contributed by atoms with Crippen LogP contribution in [-0.2, 0) is 23.9 Å². The molecule has 5 rings (SSSR count). The van der Waals surface area contributed by atoms with Crippen LogP contribution in [0.1, 0.15) is 58.4 Å². The van der Waals surface area contributed by atoms with Crippen molar-refractivity contribution in [3.63, 3.8) is 0 Å². The van der Waals surface area contributed by atoms with E-state index in [0.717, 1.165) is 6.42 Å². The smallest absolute Gasteiger partial charge is 0.338 e. The maximum Gasteiger partial charge on any atom is 0.338 e. The highest BCUT2D eigenvalue weighted by atomic mass is 16.5. The van der Waals surface area contributed by atoms with Crippen LogP contribution in [0.15, 0.2) is 78.9 Å². The van der Waals surface area contributed by atoms with E-state index >= 15 is 0 Å². The highest BCUT2D eigenvalue weighted by molar-refractivity contribution is 6.22. The molecule has 0 spiro atoms. The Labute approximate surface area is 237 Å². The second-order valence-electron chi connectivity index (χ2n) is 10.1. The van der Waals surface area contributed by atoms with Crippen LogP contribution in [0.25, 0.3) is 0 Å². The lowest BCUT2D eigenvalue weighted by molar-refractivity contribution is -0.122. The number of imide groups is 1. The first kappa shape index (κ1) is 27.8. The predicted octanol–water partition coefficient (Wildman–Crippen LogP) is 4.73. The van der Waals surface area contributed by atoms with E-state index in [0.29, 0.717) is 29.8 Å². The van der Waals surface area contributed by atoms with Gasteiger partial charge in [0.05, 0.1) is 35.3 Å². The van der Waals surface area contributed by atoms with Crippen molar-refractivity contribution in [1.82, 2.24) is 0 Å². The number of nitrogens with zero attached hydrogens (tertiary/aromatic N) is 1. The van der Waals surface area contributed by atoms with E-state index < -0.39 is 30.4 Å². The minimum atomic E-state index is -0.764. The molecule has 3 aromatic carbocycles. The van der Waals surface area contributed by atoms with E-state index in [1.807, 2.05) is 18.2 Å². The molecule has 9 heteroatoms. The Morgan fingerprint density at radius 1 is 0.805 bits per heavy atom. The first-order valence-corrected chi connectivity index (χ1v) is 13.6. The monoisotopic (exact) mass is 554 g/mol. The molecule has 1 saturated carbocycles. The summed E-state index contributed by atoms with van der Waals surface area (Å²) in [6, 6.07) is 22.3. The van der Waals surface area contributed by atoms with Crippen LogP contribution in [0.4, 0.5) is 11.4 Å². The lowest BCUT2D eigenvalue weighted by Crippen LogP contribution is -2.31. The second kappa shape index (κ2) is 12.2. The number of ether oxygens (including phenoxy) is 2. The molecule has 0 aromatic heterocycles. The van der Waals surface area contributed by atoms with Gasteiger partial charge in [-0.05, 0) is 80.1 Å². The fraction of sp³-hybridized carbons (Fsp3) is 0.281. The van der Waals surface area contributed by atoms with E-state index in [-0.39, 0.29) is 35.8 Å². The zero-order chi connectivity index (χ0) is 28.9. The molecule has 1 N–H and O–H groups in total. The molecule has 1 heterocycles. The lowest BCUT2D eigenvalue weighted by atomic mass is 9.73. The van der Waals surface area contributed by atoms with Crippen molar-refractivity contribution in [3.8, 4) is 0 Å². The van der Waals surface area contributed by atoms with Gasteiger partial charge in [0.1, 0.15) is 0 Å². The average molecular weight is 555 g/mol. The molecule has 3 aromatic rings. The Balaban J connectivity index is 1.19. The summed E-state index contributed by atoms with van der Waals surface area (Å²) in [5.41, 5.74) is 2.37. The first-order chi connectivity index (χ1) is 19.9. The van der Waals surface area contributed by atoms with Gasteiger partial charge in [0.2, 0.25) is 11.8 Å². The molecule has 3 amide bonds. The Kier molecular flexibility index (Phi) is 8.24. The van der Waals surface area contributed by atoms with Gasteiger partial charge in [0, 0.05) is 5.69 Å². The lowest BCUT2D eigenvalue weighted by Gasteiger charge is -2.28. The standard InChI is InChI=1S/C32H30N2O7/c1-2-40-31(38)21-11-14-24(15-12-21)33-28(35)19-41-32(39)23-9-6-10-25(17-23)34-29(36)26-16-13-22(18-27(26)30(34)37)20-7-4-3-5-8-20/h3-12,14-15,17,22,26-27H,2,13,16,18-19H2,1H3,(H,33,35)/t22-,26+,27-/m0/s1. The molecular formula is C32H30N2O7. The molecule has 210 valence electrons. The van der Waals surface area contributed by atoms with E-state index in [2.05, 4.69) is 17.4 Å². The van der Waals surface area contributed by atoms with Crippen molar-refractivity contribution in [1.29, 1.82) is 0 Å². The third-order valence-corrected chi connectivity index (χ3v) is 7.55. The van der Waals surface area contributed by atoms with Gasteiger partial charge in [0.25, 0.3) is 5.91 Å². The van der Waals surface area contributed by atoms with Gasteiger partial charge in [-0.15, -0.1) is 0 Å². The maximum absolute atomic E-state index is 13.4. The van der Waals surface area contributed by atoms with E-state index in [4.69, 9.17) is 9.47 Å². The normalized spacial score (nSPS) is 19.8. The number of rotatable bonds is 8. The summed E-state index contributed by atoms with van der Waals surface area (Å²) in [6.45, 7) is 1.42. The van der Waals surface area contributed by atoms with Crippen LogP contribution >= 0.6 is 0 Å². The fourth-order valence-corrected chi connectivity index (χ4v) is 5.55. The van der Waals surface area contributed by atoms with Gasteiger partial charge < -0.3 is 14.8 Å². The predicted molar refractivity (Wildman–Crippen MR) is 150 cm³/mol. The molecule has 41 heavy (non-hydrogen) atoms. The van der Waals surface area contributed by atoms with Gasteiger partial charge in [0.15, 0.2) is 6.61 Å². The van der Waals surface area contributed by atoms with Gasteiger partial charge in [-0.1, -0.05) is 36.4 Å². The van der Waals surface area contributed by atoms with Crippen LogP contribution in [0.5, 0.6) is 0 Å². The van der Waals surface area contributed by atoms with Crippen molar-refractivity contribution in [2.24, 2.45) is 11.8 Å². The van der Waals surface area contributed by atoms with Crippen molar-refractivity contribution in [2.45, 2.75) is 32.1 Å². The molecule has 2 fully saturated rings. The Hall–Kier alpha value is -4.79. The molecule has 0 unspecified atom stereocenters. The number of esters is 2. The van der Waals surface area contributed by atoms with Gasteiger partial charge in [-0.25, -0.2) is 9.59 Å². The minimum Gasteiger partial charge on any atom is -0.462 e.